The van der Waals surface area contributed by atoms with Gasteiger partial charge in [0.1, 0.15) is 5.75 Å². The summed E-state index contributed by atoms with van der Waals surface area (Å²) in [5, 5.41) is 0. The molecule has 1 nitrogen and oxygen atoms in total. The molecular weight excluding hydrogens is 288 g/mol. The number of ether oxygens (including phenoxy) is 1. The van der Waals surface area contributed by atoms with Crippen LogP contribution in [0.2, 0.25) is 0 Å². The van der Waals surface area contributed by atoms with Crippen LogP contribution >= 0.6 is 12.6 Å². The molecule has 112 valence electrons. The lowest BCUT2D eigenvalue weighted by Gasteiger charge is -1.99. The molecule has 0 saturated carbocycles. The zero-order valence-corrected chi connectivity index (χ0v) is 13.5. The van der Waals surface area contributed by atoms with E-state index >= 15 is 0 Å². The maximum atomic E-state index is 4.99. The van der Waals surface area contributed by atoms with Crippen LogP contribution in [0.15, 0.2) is 84.9 Å². The first-order valence-electron chi connectivity index (χ1n) is 7.17. The van der Waals surface area contributed by atoms with Crippen LogP contribution in [0.3, 0.4) is 0 Å². The molecule has 0 aromatic heterocycles. The number of thiol groups is 1. The Morgan fingerprint density at radius 2 is 1.14 bits per heavy atom. The van der Waals surface area contributed by atoms with E-state index in [-0.39, 0.29) is 0 Å². The minimum Gasteiger partial charge on any atom is -0.497 e. The summed E-state index contributed by atoms with van der Waals surface area (Å²) in [5.41, 5.74) is 3.76. The summed E-state index contributed by atoms with van der Waals surface area (Å²) >= 11 is 4.13. The van der Waals surface area contributed by atoms with Crippen molar-refractivity contribution in [3.63, 3.8) is 0 Å². The van der Waals surface area contributed by atoms with Gasteiger partial charge in [0.2, 0.25) is 0 Å². The Kier molecular flexibility index (Phi) is 6.59. The van der Waals surface area contributed by atoms with Gasteiger partial charge in [0.15, 0.2) is 0 Å². The molecule has 0 amide bonds. The van der Waals surface area contributed by atoms with Crippen LogP contribution in [0.25, 0.3) is 11.1 Å². The molecular formula is C20H20OS. The molecule has 0 bridgehead atoms. The second kappa shape index (κ2) is 8.96. The van der Waals surface area contributed by atoms with Crippen molar-refractivity contribution < 1.29 is 4.74 Å². The predicted molar refractivity (Wildman–Crippen MR) is 97.6 cm³/mol. The topological polar surface area (TPSA) is 9.23 Å². The lowest BCUT2D eigenvalue weighted by Crippen LogP contribution is -1.82. The maximum absolute atomic E-state index is 4.99. The Hall–Kier alpha value is -2.19. The van der Waals surface area contributed by atoms with Crippen LogP contribution in [0.5, 0.6) is 5.75 Å². The van der Waals surface area contributed by atoms with Gasteiger partial charge in [-0.3, -0.25) is 0 Å². The summed E-state index contributed by atoms with van der Waals surface area (Å²) in [6, 6.07) is 28.7. The van der Waals surface area contributed by atoms with Crippen molar-refractivity contribution >= 4 is 12.6 Å². The number of hydrogen-bond acceptors (Lipinski definition) is 2. The number of methoxy groups -OCH3 is 1. The van der Waals surface area contributed by atoms with Crippen LogP contribution in [0.1, 0.15) is 5.56 Å². The zero-order chi connectivity index (χ0) is 15.6. The standard InChI is InChI=1S/C12H10.C8H10OS/c1-3-7-11(8-4-1)12-9-5-2-6-10-12;1-9-8-4-2-7(6-10)3-5-8/h1-10H;2-5,10H,6H2,1H3. The molecule has 0 saturated heterocycles. The molecule has 3 rings (SSSR count). The summed E-state index contributed by atoms with van der Waals surface area (Å²) in [7, 11) is 1.66. The monoisotopic (exact) mass is 308 g/mol. The van der Waals surface area contributed by atoms with Crippen LogP contribution in [-0.4, -0.2) is 7.11 Å². The summed E-state index contributed by atoms with van der Waals surface area (Å²) in [5.74, 6) is 1.68. The average molecular weight is 308 g/mol. The highest BCUT2D eigenvalue weighted by atomic mass is 32.1. The molecule has 0 N–H and O–H groups in total. The van der Waals surface area contributed by atoms with Gasteiger partial charge >= 0.3 is 0 Å². The molecule has 3 aromatic rings. The average Bonchev–Trinajstić information content (AvgIpc) is 2.64. The summed E-state index contributed by atoms with van der Waals surface area (Å²) in [4.78, 5) is 0. The molecule has 0 aliphatic heterocycles. The van der Waals surface area contributed by atoms with Crippen molar-refractivity contribution in [2.75, 3.05) is 7.11 Å². The normalized spacial score (nSPS) is 9.55. The van der Waals surface area contributed by atoms with Gasteiger partial charge in [-0.1, -0.05) is 72.8 Å². The highest BCUT2D eigenvalue weighted by molar-refractivity contribution is 7.79. The van der Waals surface area contributed by atoms with Gasteiger partial charge in [0.25, 0.3) is 0 Å². The van der Waals surface area contributed by atoms with Crippen molar-refractivity contribution in [3.8, 4) is 16.9 Å². The third-order valence-electron chi connectivity index (χ3n) is 3.22. The summed E-state index contributed by atoms with van der Waals surface area (Å²) in [6.45, 7) is 0. The minimum absolute atomic E-state index is 0.782. The van der Waals surface area contributed by atoms with Gasteiger partial charge in [-0.15, -0.1) is 0 Å². The molecule has 0 atom stereocenters. The second-order valence-corrected chi connectivity index (χ2v) is 5.05. The third kappa shape index (κ3) is 4.97. The first kappa shape index (κ1) is 16.2. The van der Waals surface area contributed by atoms with Crippen LogP contribution < -0.4 is 4.74 Å². The van der Waals surface area contributed by atoms with Gasteiger partial charge < -0.3 is 4.74 Å². The Labute approximate surface area is 138 Å². The molecule has 22 heavy (non-hydrogen) atoms. The second-order valence-electron chi connectivity index (χ2n) is 4.74. The molecule has 0 unspecified atom stereocenters. The number of benzene rings is 3. The fraction of sp³-hybridized carbons (Fsp3) is 0.100. The Balaban J connectivity index is 0.000000164. The summed E-state index contributed by atoms with van der Waals surface area (Å²) < 4.78 is 4.99. The lowest BCUT2D eigenvalue weighted by atomic mass is 10.1. The Morgan fingerprint density at radius 3 is 1.50 bits per heavy atom. The third-order valence-corrected chi connectivity index (χ3v) is 3.59. The van der Waals surface area contributed by atoms with Crippen molar-refractivity contribution in [1.29, 1.82) is 0 Å². The smallest absolute Gasteiger partial charge is 0.118 e. The van der Waals surface area contributed by atoms with E-state index in [1.54, 1.807) is 7.11 Å². The fourth-order valence-corrected chi connectivity index (χ4v) is 2.20. The lowest BCUT2D eigenvalue weighted by molar-refractivity contribution is 0.414. The quantitative estimate of drug-likeness (QED) is 0.630. The van der Waals surface area contributed by atoms with E-state index in [0.717, 1.165) is 11.5 Å². The van der Waals surface area contributed by atoms with Crippen molar-refractivity contribution in [2.24, 2.45) is 0 Å². The molecule has 0 spiro atoms. The van der Waals surface area contributed by atoms with Crippen molar-refractivity contribution in [2.45, 2.75) is 5.75 Å². The van der Waals surface area contributed by atoms with Crippen molar-refractivity contribution in [1.82, 2.24) is 0 Å². The van der Waals surface area contributed by atoms with Gasteiger partial charge in [0.05, 0.1) is 7.11 Å². The van der Waals surface area contributed by atoms with Gasteiger partial charge in [-0.25, -0.2) is 0 Å². The summed E-state index contributed by atoms with van der Waals surface area (Å²) in [6.07, 6.45) is 0. The van der Waals surface area contributed by atoms with Crippen LogP contribution in [0.4, 0.5) is 0 Å². The van der Waals surface area contributed by atoms with E-state index in [9.17, 15) is 0 Å². The highest BCUT2D eigenvalue weighted by Gasteiger charge is 1.92. The van der Waals surface area contributed by atoms with Gasteiger partial charge in [-0.05, 0) is 28.8 Å². The van der Waals surface area contributed by atoms with E-state index in [1.165, 1.54) is 16.7 Å². The van der Waals surface area contributed by atoms with Crippen LogP contribution in [0, 0.1) is 0 Å². The zero-order valence-electron chi connectivity index (χ0n) is 12.6. The van der Waals surface area contributed by atoms with E-state index in [4.69, 9.17) is 4.74 Å². The molecule has 0 aliphatic carbocycles. The Morgan fingerprint density at radius 1 is 0.682 bits per heavy atom. The first-order chi connectivity index (χ1) is 10.8. The SMILES string of the molecule is COc1ccc(CS)cc1.c1ccc(-c2ccccc2)cc1. The fourth-order valence-electron chi connectivity index (χ4n) is 1.99. The molecule has 2 heteroatoms. The maximum Gasteiger partial charge on any atom is 0.118 e. The minimum atomic E-state index is 0.782. The number of rotatable bonds is 3. The largest absolute Gasteiger partial charge is 0.497 e. The van der Waals surface area contributed by atoms with Gasteiger partial charge in [0, 0.05) is 5.75 Å². The first-order valence-corrected chi connectivity index (χ1v) is 7.81. The molecule has 0 radical (unpaired) electrons. The van der Waals surface area contributed by atoms with E-state index < -0.39 is 0 Å². The van der Waals surface area contributed by atoms with Crippen LogP contribution in [-0.2, 0) is 5.75 Å². The molecule has 3 aromatic carbocycles. The Bertz CT molecular complexity index is 588. The van der Waals surface area contributed by atoms with Gasteiger partial charge in [-0.2, -0.15) is 12.6 Å². The van der Waals surface area contributed by atoms with Crippen molar-refractivity contribution in [3.05, 3.63) is 90.5 Å². The van der Waals surface area contributed by atoms with E-state index in [1.807, 2.05) is 36.4 Å². The van der Waals surface area contributed by atoms with E-state index in [0.29, 0.717) is 0 Å². The number of hydrogen-bond donors (Lipinski definition) is 1. The van der Waals surface area contributed by atoms with E-state index in [2.05, 4.69) is 61.2 Å². The highest BCUT2D eigenvalue weighted by Crippen LogP contribution is 2.17. The molecule has 0 aliphatic rings. The molecule has 0 fully saturated rings. The molecule has 0 heterocycles. The predicted octanol–water partition coefficient (Wildman–Crippen LogP) is 5.48.